The molecule has 1 aliphatic carbocycles. The highest BCUT2D eigenvalue weighted by Crippen LogP contribution is 2.27. The van der Waals surface area contributed by atoms with Crippen molar-refractivity contribution < 1.29 is 5.11 Å². The lowest BCUT2D eigenvalue weighted by Crippen LogP contribution is -2.49. The van der Waals surface area contributed by atoms with Crippen LogP contribution in [0.3, 0.4) is 0 Å². The summed E-state index contributed by atoms with van der Waals surface area (Å²) in [5.74, 6) is 0.868. The van der Waals surface area contributed by atoms with Gasteiger partial charge in [0.15, 0.2) is 0 Å². The average molecular weight is 268 g/mol. The summed E-state index contributed by atoms with van der Waals surface area (Å²) >= 11 is 0. The molecule has 1 saturated carbocycles. The third kappa shape index (κ3) is 4.73. The van der Waals surface area contributed by atoms with E-state index in [1.807, 2.05) is 0 Å². The zero-order valence-electron chi connectivity index (χ0n) is 12.8. The van der Waals surface area contributed by atoms with Gasteiger partial charge in [0.1, 0.15) is 0 Å². The monoisotopic (exact) mass is 268 g/mol. The summed E-state index contributed by atoms with van der Waals surface area (Å²) in [5, 5.41) is 13.4. The van der Waals surface area contributed by atoms with Gasteiger partial charge in [0.2, 0.25) is 0 Å². The molecule has 1 aliphatic heterocycles. The van der Waals surface area contributed by atoms with Gasteiger partial charge in [-0.3, -0.25) is 0 Å². The topological polar surface area (TPSA) is 35.5 Å². The maximum Gasteiger partial charge on any atom is 0.0613 e. The average Bonchev–Trinajstić information content (AvgIpc) is 3.21. The number of aliphatic hydroxyl groups excluding tert-OH is 1. The van der Waals surface area contributed by atoms with E-state index in [1.54, 1.807) is 0 Å². The summed E-state index contributed by atoms with van der Waals surface area (Å²) in [5.41, 5.74) is -0.0113. The molecule has 3 heteroatoms. The summed E-state index contributed by atoms with van der Waals surface area (Å²) in [6.45, 7) is 8.61. The van der Waals surface area contributed by atoms with Crippen LogP contribution in [0.25, 0.3) is 0 Å². The van der Waals surface area contributed by atoms with Crippen molar-refractivity contribution in [2.75, 3.05) is 26.2 Å². The molecule has 2 rings (SSSR count). The molecule has 0 aromatic carbocycles. The summed E-state index contributed by atoms with van der Waals surface area (Å²) in [7, 11) is 0. The Kier molecular flexibility index (Phi) is 5.67. The van der Waals surface area contributed by atoms with Crippen molar-refractivity contribution in [3.8, 4) is 0 Å². The standard InChI is InChI=1S/C16H32N2O/c1-3-16(13-19,17-15-7-8-15)9-5-11-18-10-4-6-14(2)12-18/h14-15,17,19H,3-13H2,1-2H3. The van der Waals surface area contributed by atoms with Crippen molar-refractivity contribution in [3.05, 3.63) is 0 Å². The molecule has 2 N–H and O–H groups in total. The van der Waals surface area contributed by atoms with Crippen LogP contribution >= 0.6 is 0 Å². The first-order valence-corrected chi connectivity index (χ1v) is 8.28. The van der Waals surface area contributed by atoms with Crippen molar-refractivity contribution in [1.82, 2.24) is 10.2 Å². The van der Waals surface area contributed by atoms with Gasteiger partial charge < -0.3 is 15.3 Å². The lowest BCUT2D eigenvalue weighted by molar-refractivity contribution is 0.128. The molecule has 2 unspecified atom stereocenters. The zero-order valence-corrected chi connectivity index (χ0v) is 12.8. The smallest absolute Gasteiger partial charge is 0.0613 e. The number of nitrogens with one attached hydrogen (secondary N) is 1. The molecule has 2 atom stereocenters. The lowest BCUT2D eigenvalue weighted by Gasteiger charge is -2.35. The van der Waals surface area contributed by atoms with Crippen LogP contribution in [0, 0.1) is 5.92 Å². The molecule has 2 aliphatic rings. The van der Waals surface area contributed by atoms with Crippen molar-refractivity contribution in [1.29, 1.82) is 0 Å². The summed E-state index contributed by atoms with van der Waals surface area (Å²) < 4.78 is 0. The second-order valence-electron chi connectivity index (χ2n) is 6.86. The molecule has 0 spiro atoms. The predicted molar refractivity (Wildman–Crippen MR) is 80.3 cm³/mol. The van der Waals surface area contributed by atoms with E-state index in [9.17, 15) is 5.11 Å². The molecule has 0 bridgehead atoms. The number of piperidine rings is 1. The van der Waals surface area contributed by atoms with Crippen LogP contribution < -0.4 is 5.32 Å². The molecule has 1 saturated heterocycles. The van der Waals surface area contributed by atoms with E-state index in [4.69, 9.17) is 0 Å². The first-order chi connectivity index (χ1) is 9.17. The second kappa shape index (κ2) is 7.05. The highest BCUT2D eigenvalue weighted by atomic mass is 16.3. The fourth-order valence-electron chi connectivity index (χ4n) is 3.38. The molecule has 0 aromatic rings. The summed E-state index contributed by atoms with van der Waals surface area (Å²) in [6, 6.07) is 0.683. The van der Waals surface area contributed by atoms with Gasteiger partial charge in [-0.05, 0) is 64.0 Å². The van der Waals surface area contributed by atoms with E-state index in [1.165, 1.54) is 51.7 Å². The third-order valence-electron chi connectivity index (χ3n) is 4.94. The molecule has 0 aromatic heterocycles. The number of likely N-dealkylation sites (tertiary alicyclic amines) is 1. The minimum absolute atomic E-state index is 0.0113. The Morgan fingerprint density at radius 3 is 2.68 bits per heavy atom. The van der Waals surface area contributed by atoms with E-state index < -0.39 is 0 Å². The maximum atomic E-state index is 9.76. The Morgan fingerprint density at radius 1 is 1.32 bits per heavy atom. The molecule has 0 amide bonds. The lowest BCUT2D eigenvalue weighted by atomic mass is 9.90. The SMILES string of the molecule is CCC(CO)(CCCN1CCCC(C)C1)NC1CC1. The van der Waals surface area contributed by atoms with Gasteiger partial charge in [0.25, 0.3) is 0 Å². The fourth-order valence-corrected chi connectivity index (χ4v) is 3.38. The number of rotatable bonds is 8. The number of hydrogen-bond acceptors (Lipinski definition) is 3. The number of hydrogen-bond donors (Lipinski definition) is 2. The van der Waals surface area contributed by atoms with E-state index >= 15 is 0 Å². The van der Waals surface area contributed by atoms with Crippen LogP contribution in [0.2, 0.25) is 0 Å². The molecule has 0 radical (unpaired) electrons. The predicted octanol–water partition coefficient (Wildman–Crippen LogP) is 2.39. The van der Waals surface area contributed by atoms with Crippen molar-refractivity contribution in [2.45, 2.75) is 70.4 Å². The number of nitrogens with zero attached hydrogens (tertiary/aromatic N) is 1. The van der Waals surface area contributed by atoms with Gasteiger partial charge in [0, 0.05) is 18.1 Å². The van der Waals surface area contributed by atoms with Crippen molar-refractivity contribution >= 4 is 0 Å². The van der Waals surface area contributed by atoms with Crippen LogP contribution in [0.4, 0.5) is 0 Å². The van der Waals surface area contributed by atoms with Crippen LogP contribution in [-0.2, 0) is 0 Å². The molecule has 2 fully saturated rings. The Bertz CT molecular complexity index is 261. The minimum Gasteiger partial charge on any atom is -0.394 e. The molecule has 19 heavy (non-hydrogen) atoms. The van der Waals surface area contributed by atoms with Gasteiger partial charge in [-0.2, -0.15) is 0 Å². The van der Waals surface area contributed by atoms with Gasteiger partial charge in [0.05, 0.1) is 6.61 Å². The Balaban J connectivity index is 1.71. The first-order valence-electron chi connectivity index (χ1n) is 8.28. The Morgan fingerprint density at radius 2 is 2.11 bits per heavy atom. The Hall–Kier alpha value is -0.120. The largest absolute Gasteiger partial charge is 0.394 e. The molecular weight excluding hydrogens is 236 g/mol. The van der Waals surface area contributed by atoms with Crippen molar-refractivity contribution in [2.24, 2.45) is 5.92 Å². The van der Waals surface area contributed by atoms with Crippen LogP contribution in [0.1, 0.15) is 58.8 Å². The molecule has 112 valence electrons. The highest BCUT2D eigenvalue weighted by molar-refractivity contribution is 4.94. The van der Waals surface area contributed by atoms with Crippen LogP contribution in [0.15, 0.2) is 0 Å². The van der Waals surface area contributed by atoms with E-state index in [-0.39, 0.29) is 12.1 Å². The van der Waals surface area contributed by atoms with E-state index in [2.05, 4.69) is 24.1 Å². The van der Waals surface area contributed by atoms with Gasteiger partial charge in [-0.1, -0.05) is 13.8 Å². The van der Waals surface area contributed by atoms with Gasteiger partial charge >= 0.3 is 0 Å². The van der Waals surface area contributed by atoms with Crippen molar-refractivity contribution in [3.63, 3.8) is 0 Å². The zero-order chi connectivity index (χ0) is 13.7. The van der Waals surface area contributed by atoms with Crippen LogP contribution in [0.5, 0.6) is 0 Å². The fraction of sp³-hybridized carbons (Fsp3) is 1.00. The normalized spacial score (nSPS) is 28.3. The van der Waals surface area contributed by atoms with Crippen LogP contribution in [-0.4, -0.2) is 47.8 Å². The summed E-state index contributed by atoms with van der Waals surface area (Å²) in [6.07, 6.45) is 8.71. The molecule has 1 heterocycles. The first kappa shape index (κ1) is 15.3. The van der Waals surface area contributed by atoms with E-state index in [0.29, 0.717) is 6.04 Å². The quantitative estimate of drug-likeness (QED) is 0.709. The second-order valence-corrected chi connectivity index (χ2v) is 6.86. The van der Waals surface area contributed by atoms with Gasteiger partial charge in [-0.15, -0.1) is 0 Å². The summed E-state index contributed by atoms with van der Waals surface area (Å²) in [4.78, 5) is 2.61. The number of aliphatic hydroxyl groups is 1. The minimum atomic E-state index is -0.0113. The third-order valence-corrected chi connectivity index (χ3v) is 4.94. The maximum absolute atomic E-state index is 9.76. The molecular formula is C16H32N2O. The molecule has 3 nitrogen and oxygen atoms in total. The highest BCUT2D eigenvalue weighted by Gasteiger charge is 2.34. The van der Waals surface area contributed by atoms with Gasteiger partial charge in [-0.25, -0.2) is 0 Å². The van der Waals surface area contributed by atoms with E-state index in [0.717, 1.165) is 18.8 Å². The Labute approximate surface area is 118 Å².